The molecule has 1 fully saturated rings. The second kappa shape index (κ2) is 12.4. The lowest BCUT2D eigenvalue weighted by atomic mass is 9.94. The first kappa shape index (κ1) is 26.3. The molecular weight excluding hydrogens is 442 g/mol. The highest BCUT2D eigenvalue weighted by Crippen LogP contribution is 2.40. The lowest BCUT2D eigenvalue weighted by molar-refractivity contribution is -0.139. The van der Waals surface area contributed by atoms with Crippen LogP contribution in [0.5, 0.6) is 11.5 Å². The number of hydrogen-bond donors (Lipinski definition) is 1. The van der Waals surface area contributed by atoms with Gasteiger partial charge in [0, 0.05) is 12.1 Å². The van der Waals surface area contributed by atoms with Crippen LogP contribution >= 0.6 is 0 Å². The van der Waals surface area contributed by atoms with Crippen molar-refractivity contribution in [2.75, 3.05) is 19.8 Å². The lowest BCUT2D eigenvalue weighted by Crippen LogP contribution is -2.30. The summed E-state index contributed by atoms with van der Waals surface area (Å²) >= 11 is 0. The quantitative estimate of drug-likeness (QED) is 0.170. The molecule has 2 aromatic rings. The number of carbonyl (C=O) groups is 2. The maximum atomic E-state index is 13.1. The standard InChI is InChI=1S/C29H37NO5/c1-5-8-9-18-34-23-13-10-21(11-14-23)26-25(28(32)29(33)30(26)16-6-2)27(31)22-12-15-24(20(4)19-22)35-17-7-3/h10-15,19,26,31H,5-9,16-18H2,1-4H3/b27-25-. The number of likely N-dealkylation sites (tertiary alicyclic amines) is 1. The Balaban J connectivity index is 1.97. The van der Waals surface area contributed by atoms with Gasteiger partial charge in [-0.1, -0.05) is 45.7 Å². The van der Waals surface area contributed by atoms with Crippen LogP contribution in [0.3, 0.4) is 0 Å². The first-order chi connectivity index (χ1) is 16.9. The molecule has 6 nitrogen and oxygen atoms in total. The van der Waals surface area contributed by atoms with E-state index in [-0.39, 0.29) is 11.3 Å². The van der Waals surface area contributed by atoms with Crippen molar-refractivity contribution >= 4 is 17.4 Å². The van der Waals surface area contributed by atoms with Gasteiger partial charge < -0.3 is 19.5 Å². The minimum absolute atomic E-state index is 0.113. The summed E-state index contributed by atoms with van der Waals surface area (Å²) in [6, 6.07) is 12.1. The van der Waals surface area contributed by atoms with E-state index in [0.29, 0.717) is 31.7 Å². The van der Waals surface area contributed by atoms with Crippen LogP contribution in [0.2, 0.25) is 0 Å². The third kappa shape index (κ3) is 6.05. The number of carbonyl (C=O) groups excluding carboxylic acids is 2. The fourth-order valence-corrected chi connectivity index (χ4v) is 4.31. The van der Waals surface area contributed by atoms with Crippen molar-refractivity contribution in [1.82, 2.24) is 4.90 Å². The van der Waals surface area contributed by atoms with Gasteiger partial charge in [-0.25, -0.2) is 0 Å². The van der Waals surface area contributed by atoms with E-state index in [1.165, 1.54) is 0 Å². The van der Waals surface area contributed by atoms with Crippen LogP contribution in [0, 0.1) is 6.92 Å². The summed E-state index contributed by atoms with van der Waals surface area (Å²) in [6.45, 7) is 9.72. The zero-order valence-electron chi connectivity index (χ0n) is 21.3. The summed E-state index contributed by atoms with van der Waals surface area (Å²) in [4.78, 5) is 27.6. The number of Topliss-reactive ketones (excluding diaryl/α,β-unsaturated/α-hetero) is 1. The summed E-state index contributed by atoms with van der Waals surface area (Å²) in [5.74, 6) is 0.0659. The van der Waals surface area contributed by atoms with Gasteiger partial charge in [0.15, 0.2) is 0 Å². The summed E-state index contributed by atoms with van der Waals surface area (Å²) in [5.41, 5.74) is 2.22. The Morgan fingerprint density at radius 2 is 1.66 bits per heavy atom. The molecule has 35 heavy (non-hydrogen) atoms. The summed E-state index contributed by atoms with van der Waals surface area (Å²) in [7, 11) is 0. The molecule has 1 heterocycles. The molecule has 1 amide bonds. The fraction of sp³-hybridized carbons (Fsp3) is 0.448. The molecule has 0 saturated carbocycles. The number of hydrogen-bond acceptors (Lipinski definition) is 5. The third-order valence-electron chi connectivity index (χ3n) is 6.13. The molecule has 2 aromatic carbocycles. The van der Waals surface area contributed by atoms with Crippen molar-refractivity contribution in [2.45, 2.75) is 65.8 Å². The number of rotatable bonds is 12. The summed E-state index contributed by atoms with van der Waals surface area (Å²) < 4.78 is 11.6. The van der Waals surface area contributed by atoms with Crippen LogP contribution < -0.4 is 9.47 Å². The van der Waals surface area contributed by atoms with Gasteiger partial charge in [0.05, 0.1) is 24.8 Å². The minimum atomic E-state index is -0.662. The monoisotopic (exact) mass is 479 g/mol. The van der Waals surface area contributed by atoms with Crippen molar-refractivity contribution in [3.63, 3.8) is 0 Å². The fourth-order valence-electron chi connectivity index (χ4n) is 4.31. The van der Waals surface area contributed by atoms with Gasteiger partial charge in [0.1, 0.15) is 17.3 Å². The van der Waals surface area contributed by atoms with Crippen LogP contribution in [0.4, 0.5) is 0 Å². The smallest absolute Gasteiger partial charge is 0.295 e. The molecule has 3 rings (SSSR count). The van der Waals surface area contributed by atoms with Crippen LogP contribution in [-0.2, 0) is 9.59 Å². The molecule has 1 unspecified atom stereocenters. The maximum absolute atomic E-state index is 13.1. The molecule has 0 aromatic heterocycles. The first-order valence-electron chi connectivity index (χ1n) is 12.7. The van der Waals surface area contributed by atoms with E-state index in [1.807, 2.05) is 45.0 Å². The Kier molecular flexibility index (Phi) is 9.35. The number of amides is 1. The highest BCUT2D eigenvalue weighted by atomic mass is 16.5. The van der Waals surface area contributed by atoms with Crippen LogP contribution in [0.25, 0.3) is 5.76 Å². The number of aryl methyl sites for hydroxylation is 1. The Bertz CT molecular complexity index is 1060. The van der Waals surface area contributed by atoms with E-state index in [1.54, 1.807) is 23.1 Å². The zero-order valence-corrected chi connectivity index (χ0v) is 21.3. The molecule has 0 radical (unpaired) electrons. The molecule has 6 heteroatoms. The molecule has 0 aliphatic carbocycles. The van der Waals surface area contributed by atoms with Crippen molar-refractivity contribution in [3.05, 3.63) is 64.7 Å². The highest BCUT2D eigenvalue weighted by molar-refractivity contribution is 6.46. The molecule has 1 N–H and O–H groups in total. The zero-order chi connectivity index (χ0) is 25.4. The molecule has 1 atom stereocenters. The van der Waals surface area contributed by atoms with E-state index < -0.39 is 17.7 Å². The van der Waals surface area contributed by atoms with Gasteiger partial charge in [-0.2, -0.15) is 0 Å². The highest BCUT2D eigenvalue weighted by Gasteiger charge is 2.45. The SMILES string of the molecule is CCCCCOc1ccc(C2/C(=C(/O)c3ccc(OCCC)c(C)c3)C(=O)C(=O)N2CCC)cc1. The Labute approximate surface area is 208 Å². The van der Waals surface area contributed by atoms with Gasteiger partial charge in [-0.3, -0.25) is 9.59 Å². The number of unbranched alkanes of at least 4 members (excludes halogenated alkanes) is 2. The van der Waals surface area contributed by atoms with Crippen LogP contribution in [-0.4, -0.2) is 41.5 Å². The first-order valence-corrected chi connectivity index (χ1v) is 12.7. The van der Waals surface area contributed by atoms with Gasteiger partial charge in [-0.15, -0.1) is 0 Å². The molecule has 1 aliphatic heterocycles. The molecule has 1 aliphatic rings. The average Bonchev–Trinajstić information content (AvgIpc) is 3.11. The molecular formula is C29H37NO5. The van der Waals surface area contributed by atoms with E-state index >= 15 is 0 Å². The number of ether oxygens (including phenoxy) is 2. The number of ketones is 1. The second-order valence-electron chi connectivity index (χ2n) is 8.95. The minimum Gasteiger partial charge on any atom is -0.507 e. The summed E-state index contributed by atoms with van der Waals surface area (Å²) in [6.07, 6.45) is 4.84. The van der Waals surface area contributed by atoms with Crippen molar-refractivity contribution in [3.8, 4) is 11.5 Å². The average molecular weight is 480 g/mol. The number of aliphatic hydroxyl groups is 1. The number of aliphatic hydroxyl groups excluding tert-OH is 1. The van der Waals surface area contributed by atoms with Crippen molar-refractivity contribution < 1.29 is 24.2 Å². The Hall–Kier alpha value is -3.28. The van der Waals surface area contributed by atoms with E-state index in [2.05, 4.69) is 6.92 Å². The van der Waals surface area contributed by atoms with Crippen molar-refractivity contribution in [2.24, 2.45) is 0 Å². The molecule has 188 valence electrons. The predicted molar refractivity (Wildman–Crippen MR) is 138 cm³/mol. The Morgan fingerprint density at radius 1 is 0.914 bits per heavy atom. The Morgan fingerprint density at radius 3 is 2.29 bits per heavy atom. The van der Waals surface area contributed by atoms with E-state index in [9.17, 15) is 14.7 Å². The van der Waals surface area contributed by atoms with Crippen LogP contribution in [0.15, 0.2) is 48.0 Å². The van der Waals surface area contributed by atoms with Crippen molar-refractivity contribution in [1.29, 1.82) is 0 Å². The summed E-state index contributed by atoms with van der Waals surface area (Å²) in [5, 5.41) is 11.3. The largest absolute Gasteiger partial charge is 0.507 e. The molecule has 1 saturated heterocycles. The van der Waals surface area contributed by atoms with Gasteiger partial charge in [0.2, 0.25) is 0 Å². The number of nitrogens with zero attached hydrogens (tertiary/aromatic N) is 1. The van der Waals surface area contributed by atoms with Gasteiger partial charge >= 0.3 is 0 Å². The molecule has 0 spiro atoms. The number of benzene rings is 2. The van der Waals surface area contributed by atoms with E-state index in [0.717, 1.165) is 48.3 Å². The second-order valence-corrected chi connectivity index (χ2v) is 8.95. The maximum Gasteiger partial charge on any atom is 0.295 e. The van der Waals surface area contributed by atoms with E-state index in [4.69, 9.17) is 9.47 Å². The van der Waals surface area contributed by atoms with Gasteiger partial charge in [-0.05, 0) is 67.6 Å². The third-order valence-corrected chi connectivity index (χ3v) is 6.13. The van der Waals surface area contributed by atoms with Crippen LogP contribution in [0.1, 0.15) is 75.6 Å². The molecule has 0 bridgehead atoms. The van der Waals surface area contributed by atoms with Gasteiger partial charge in [0.25, 0.3) is 11.7 Å². The predicted octanol–water partition coefficient (Wildman–Crippen LogP) is 6.18. The topological polar surface area (TPSA) is 76.1 Å². The lowest BCUT2D eigenvalue weighted by Gasteiger charge is -2.25. The normalized spacial score (nSPS) is 17.1.